The number of amides is 1. The summed E-state index contributed by atoms with van der Waals surface area (Å²) in [7, 11) is 0. The van der Waals surface area contributed by atoms with Crippen molar-refractivity contribution in [1.29, 1.82) is 0 Å². The first kappa shape index (κ1) is 13.8. The number of benzene rings is 1. The molecule has 1 fully saturated rings. The monoisotopic (exact) mass is 287 g/mol. The Morgan fingerprint density at radius 2 is 2.10 bits per heavy atom. The summed E-state index contributed by atoms with van der Waals surface area (Å²) in [5.41, 5.74) is 1.14. The molecule has 6 heteroatoms. The summed E-state index contributed by atoms with van der Waals surface area (Å²) in [6.07, 6.45) is 2.10. The van der Waals surface area contributed by atoms with Crippen LogP contribution in [0.5, 0.6) is 0 Å². The minimum absolute atomic E-state index is 0.0435. The first-order chi connectivity index (χ1) is 10.3. The van der Waals surface area contributed by atoms with Crippen LogP contribution in [0.15, 0.2) is 35.3 Å². The zero-order valence-electron chi connectivity index (χ0n) is 11.7. The van der Waals surface area contributed by atoms with Crippen LogP contribution in [0, 0.1) is 0 Å². The van der Waals surface area contributed by atoms with E-state index in [9.17, 15) is 9.59 Å². The van der Waals surface area contributed by atoms with Gasteiger partial charge in [0.25, 0.3) is 5.56 Å². The molecule has 110 valence electrons. The molecule has 0 N–H and O–H groups in total. The molecule has 1 aromatic carbocycles. The second-order valence-electron chi connectivity index (χ2n) is 5.02. The van der Waals surface area contributed by atoms with Crippen molar-refractivity contribution < 1.29 is 9.53 Å². The van der Waals surface area contributed by atoms with E-state index in [4.69, 9.17) is 4.74 Å². The molecular weight excluding hydrogens is 270 g/mol. The van der Waals surface area contributed by atoms with Crippen LogP contribution in [0.25, 0.3) is 11.0 Å². The number of fused-ring (bicyclic) bond motifs is 1. The molecule has 0 bridgehead atoms. The van der Waals surface area contributed by atoms with Gasteiger partial charge in [-0.3, -0.25) is 14.2 Å². The third-order valence-corrected chi connectivity index (χ3v) is 3.62. The lowest BCUT2D eigenvalue weighted by Gasteiger charge is -2.20. The number of hydrogen-bond acceptors (Lipinski definition) is 4. The van der Waals surface area contributed by atoms with Crippen LogP contribution in [0.2, 0.25) is 0 Å². The first-order valence-electron chi connectivity index (χ1n) is 7.06. The fourth-order valence-corrected chi connectivity index (χ4v) is 2.51. The standard InChI is InChI=1S/C15H17N3O3/c19-14-10-16-12-4-1-2-5-13(12)18(14)11-15(20)17-6-3-8-21-9-7-17/h1-2,4-5,10H,3,6-9,11H2. The number of aromatic nitrogens is 2. The van der Waals surface area contributed by atoms with Crippen molar-refractivity contribution in [1.82, 2.24) is 14.5 Å². The first-order valence-corrected chi connectivity index (χ1v) is 7.06. The van der Waals surface area contributed by atoms with E-state index in [0.29, 0.717) is 37.3 Å². The zero-order valence-corrected chi connectivity index (χ0v) is 11.7. The van der Waals surface area contributed by atoms with Gasteiger partial charge < -0.3 is 9.64 Å². The summed E-state index contributed by atoms with van der Waals surface area (Å²) in [5.74, 6) is -0.0565. The summed E-state index contributed by atoms with van der Waals surface area (Å²) >= 11 is 0. The van der Waals surface area contributed by atoms with E-state index in [0.717, 1.165) is 6.42 Å². The van der Waals surface area contributed by atoms with E-state index in [2.05, 4.69) is 4.98 Å². The molecule has 0 atom stereocenters. The number of ether oxygens (including phenoxy) is 1. The molecule has 0 aliphatic carbocycles. The summed E-state index contributed by atoms with van der Waals surface area (Å²) in [5, 5.41) is 0. The Balaban J connectivity index is 1.88. The molecule has 0 spiro atoms. The van der Waals surface area contributed by atoms with Crippen LogP contribution in [0.3, 0.4) is 0 Å². The molecule has 1 aliphatic heterocycles. The lowest BCUT2D eigenvalue weighted by Crippen LogP contribution is -2.38. The Morgan fingerprint density at radius 3 is 3.00 bits per heavy atom. The van der Waals surface area contributed by atoms with Crippen LogP contribution in [-0.4, -0.2) is 46.7 Å². The van der Waals surface area contributed by atoms with Crippen molar-refractivity contribution in [2.75, 3.05) is 26.3 Å². The average molecular weight is 287 g/mol. The van der Waals surface area contributed by atoms with Gasteiger partial charge in [-0.15, -0.1) is 0 Å². The van der Waals surface area contributed by atoms with E-state index in [-0.39, 0.29) is 18.0 Å². The highest BCUT2D eigenvalue weighted by atomic mass is 16.5. The Labute approximate surface area is 122 Å². The fourth-order valence-electron chi connectivity index (χ4n) is 2.51. The molecule has 2 heterocycles. The second kappa shape index (κ2) is 6.05. The molecule has 0 radical (unpaired) electrons. The summed E-state index contributed by atoms with van der Waals surface area (Å²) < 4.78 is 6.83. The van der Waals surface area contributed by atoms with Crippen molar-refractivity contribution in [3.8, 4) is 0 Å². The predicted octanol–water partition coefficient (Wildman–Crippen LogP) is 0.645. The number of rotatable bonds is 2. The molecule has 6 nitrogen and oxygen atoms in total. The minimum atomic E-state index is -0.256. The number of nitrogens with zero attached hydrogens (tertiary/aromatic N) is 3. The van der Waals surface area contributed by atoms with Gasteiger partial charge in [-0.25, -0.2) is 4.98 Å². The highest BCUT2D eigenvalue weighted by Gasteiger charge is 2.17. The second-order valence-corrected chi connectivity index (χ2v) is 5.02. The maximum absolute atomic E-state index is 12.4. The quantitative estimate of drug-likeness (QED) is 0.813. The maximum Gasteiger partial charge on any atom is 0.269 e. The molecule has 1 aromatic heterocycles. The van der Waals surface area contributed by atoms with E-state index >= 15 is 0 Å². The van der Waals surface area contributed by atoms with Crippen LogP contribution in [-0.2, 0) is 16.1 Å². The Hall–Kier alpha value is -2.21. The van der Waals surface area contributed by atoms with E-state index in [1.54, 1.807) is 4.90 Å². The molecule has 1 aliphatic rings. The molecule has 2 aromatic rings. The van der Waals surface area contributed by atoms with Gasteiger partial charge in [-0.2, -0.15) is 0 Å². The maximum atomic E-state index is 12.4. The van der Waals surface area contributed by atoms with Crippen molar-refractivity contribution in [3.05, 3.63) is 40.8 Å². The molecular formula is C15H17N3O3. The third kappa shape index (κ3) is 2.95. The van der Waals surface area contributed by atoms with Crippen molar-refractivity contribution in [2.24, 2.45) is 0 Å². The van der Waals surface area contributed by atoms with E-state index in [1.165, 1.54) is 10.8 Å². The molecule has 0 unspecified atom stereocenters. The van der Waals surface area contributed by atoms with Gasteiger partial charge in [0.2, 0.25) is 5.91 Å². The normalized spacial score (nSPS) is 15.9. The molecule has 3 rings (SSSR count). The largest absolute Gasteiger partial charge is 0.380 e. The Kier molecular flexibility index (Phi) is 3.96. The van der Waals surface area contributed by atoms with Gasteiger partial charge in [-0.1, -0.05) is 12.1 Å². The van der Waals surface area contributed by atoms with Crippen LogP contribution in [0.1, 0.15) is 6.42 Å². The molecule has 1 saturated heterocycles. The summed E-state index contributed by atoms with van der Waals surface area (Å²) in [6, 6.07) is 7.33. The van der Waals surface area contributed by atoms with Crippen LogP contribution >= 0.6 is 0 Å². The topological polar surface area (TPSA) is 64.4 Å². The molecule has 0 saturated carbocycles. The molecule has 1 amide bonds. The number of hydrogen-bond donors (Lipinski definition) is 0. The Bertz CT molecular complexity index is 703. The average Bonchev–Trinajstić information content (AvgIpc) is 2.79. The van der Waals surface area contributed by atoms with Gasteiger partial charge in [-0.05, 0) is 18.6 Å². The third-order valence-electron chi connectivity index (χ3n) is 3.62. The summed E-state index contributed by atoms with van der Waals surface area (Å²) in [6.45, 7) is 2.54. The number of carbonyl (C=O) groups excluding carboxylic acids is 1. The van der Waals surface area contributed by atoms with E-state index < -0.39 is 0 Å². The highest BCUT2D eigenvalue weighted by molar-refractivity contribution is 5.80. The molecule has 21 heavy (non-hydrogen) atoms. The zero-order chi connectivity index (χ0) is 14.7. The minimum Gasteiger partial charge on any atom is -0.380 e. The van der Waals surface area contributed by atoms with Gasteiger partial charge in [0.1, 0.15) is 6.54 Å². The van der Waals surface area contributed by atoms with Crippen molar-refractivity contribution in [3.63, 3.8) is 0 Å². The number of carbonyl (C=O) groups is 1. The van der Waals surface area contributed by atoms with Crippen molar-refractivity contribution >= 4 is 16.9 Å². The summed E-state index contributed by atoms with van der Waals surface area (Å²) in [4.78, 5) is 30.3. The smallest absolute Gasteiger partial charge is 0.269 e. The van der Waals surface area contributed by atoms with Gasteiger partial charge in [0.05, 0.1) is 23.8 Å². The number of para-hydroxylation sites is 2. The highest BCUT2D eigenvalue weighted by Crippen LogP contribution is 2.09. The van der Waals surface area contributed by atoms with E-state index in [1.807, 2.05) is 24.3 Å². The SMILES string of the molecule is O=C(Cn1c(=O)cnc2ccccc21)N1CCCOCC1. The van der Waals surface area contributed by atoms with Crippen molar-refractivity contribution in [2.45, 2.75) is 13.0 Å². The van der Waals surface area contributed by atoms with Gasteiger partial charge >= 0.3 is 0 Å². The van der Waals surface area contributed by atoms with Crippen LogP contribution in [0.4, 0.5) is 0 Å². The van der Waals surface area contributed by atoms with Gasteiger partial charge in [0, 0.05) is 19.7 Å². The predicted molar refractivity (Wildman–Crippen MR) is 78.0 cm³/mol. The lowest BCUT2D eigenvalue weighted by atomic mass is 10.3. The fraction of sp³-hybridized carbons (Fsp3) is 0.400. The van der Waals surface area contributed by atoms with Gasteiger partial charge in [0.15, 0.2) is 0 Å². The van der Waals surface area contributed by atoms with Crippen LogP contribution < -0.4 is 5.56 Å². The Morgan fingerprint density at radius 1 is 1.24 bits per heavy atom. The lowest BCUT2D eigenvalue weighted by molar-refractivity contribution is -0.131.